The molecular weight excluding hydrogens is 527 g/mol. The number of aryl methyl sites for hydroxylation is 2. The number of Topliss-reactive ketones (excluding diaryl/α,β-unsaturated/α-hetero) is 1. The number of carbonyl (C=O) groups is 1. The highest BCUT2D eigenvalue weighted by atomic mass is 32.2. The van der Waals surface area contributed by atoms with Crippen LogP contribution >= 0.6 is 0 Å². The number of unbranched alkanes of at least 4 members (excludes halogenated alkanes) is 1. The van der Waals surface area contributed by atoms with Gasteiger partial charge in [0.05, 0.1) is 27.5 Å². The van der Waals surface area contributed by atoms with Crippen molar-refractivity contribution in [1.82, 2.24) is 9.78 Å². The topological polar surface area (TPSA) is 95.0 Å². The molecule has 204 valence electrons. The molecule has 0 radical (unpaired) electrons. The van der Waals surface area contributed by atoms with Gasteiger partial charge in [0.25, 0.3) is 0 Å². The van der Waals surface area contributed by atoms with Crippen molar-refractivity contribution in [2.45, 2.75) is 50.1 Å². The second-order valence-electron chi connectivity index (χ2n) is 9.46. The van der Waals surface area contributed by atoms with E-state index in [4.69, 9.17) is 10.2 Å². The van der Waals surface area contributed by atoms with E-state index in [-0.39, 0.29) is 23.5 Å². The number of sulfonamides is 1. The van der Waals surface area contributed by atoms with E-state index in [1.165, 1.54) is 24.3 Å². The Balaban J connectivity index is 1.44. The Bertz CT molecular complexity index is 1560. The van der Waals surface area contributed by atoms with Gasteiger partial charge in [-0.1, -0.05) is 48.0 Å². The second-order valence-corrected chi connectivity index (χ2v) is 11.0. The SMILES string of the molecule is Cc1ccc(-c2cc(CCCCC(=O)Cc3cccc(C(F)(F)F)c3)nn2-c2ccc(S(N)(=O)=O)cc2)cc1. The molecular formula is C29H28F3N3O3S. The first-order valence-electron chi connectivity index (χ1n) is 12.4. The number of hydrogen-bond acceptors (Lipinski definition) is 4. The minimum atomic E-state index is -4.44. The standard InChI is InChI=1S/C29H28F3N3O3S/c1-20-9-11-22(12-10-20)28-19-24(34-35(28)25-13-15-27(16-14-25)39(33,37)38)7-2-3-8-26(36)18-21-5-4-6-23(17-21)29(30,31)32/h4-6,9-17,19H,2-3,7-8,18H2,1H3,(H2,33,37,38). The maximum Gasteiger partial charge on any atom is 0.416 e. The average molecular weight is 556 g/mol. The molecule has 0 aliphatic carbocycles. The van der Waals surface area contributed by atoms with Crippen LogP contribution in [0.3, 0.4) is 0 Å². The zero-order valence-electron chi connectivity index (χ0n) is 21.3. The molecule has 0 bridgehead atoms. The highest BCUT2D eigenvalue weighted by Crippen LogP contribution is 2.30. The van der Waals surface area contributed by atoms with Gasteiger partial charge in [-0.25, -0.2) is 18.2 Å². The van der Waals surface area contributed by atoms with Gasteiger partial charge in [-0.15, -0.1) is 0 Å². The third kappa shape index (κ3) is 7.42. The number of aromatic nitrogens is 2. The van der Waals surface area contributed by atoms with Gasteiger partial charge in [0.15, 0.2) is 0 Å². The monoisotopic (exact) mass is 555 g/mol. The zero-order chi connectivity index (χ0) is 28.2. The lowest BCUT2D eigenvalue weighted by atomic mass is 10.0. The van der Waals surface area contributed by atoms with Crippen LogP contribution in [0.5, 0.6) is 0 Å². The van der Waals surface area contributed by atoms with E-state index >= 15 is 0 Å². The summed E-state index contributed by atoms with van der Waals surface area (Å²) in [5.41, 5.74) is 3.93. The number of nitrogens with two attached hydrogens (primary N) is 1. The summed E-state index contributed by atoms with van der Waals surface area (Å²) in [5, 5.41) is 9.95. The number of alkyl halides is 3. The fourth-order valence-corrected chi connectivity index (χ4v) is 4.77. The molecule has 4 aromatic rings. The summed E-state index contributed by atoms with van der Waals surface area (Å²) in [6.45, 7) is 1.99. The average Bonchev–Trinajstić information content (AvgIpc) is 3.30. The van der Waals surface area contributed by atoms with Crippen LogP contribution in [0.1, 0.15) is 41.6 Å². The van der Waals surface area contributed by atoms with Crippen molar-refractivity contribution >= 4 is 15.8 Å². The number of primary sulfonamides is 1. The largest absolute Gasteiger partial charge is 0.416 e. The normalized spacial score (nSPS) is 12.0. The maximum absolute atomic E-state index is 12.9. The molecule has 0 fully saturated rings. The summed E-state index contributed by atoms with van der Waals surface area (Å²) in [6.07, 6.45) is -2.37. The van der Waals surface area contributed by atoms with E-state index in [1.807, 2.05) is 37.3 Å². The molecule has 39 heavy (non-hydrogen) atoms. The van der Waals surface area contributed by atoms with Crippen LogP contribution in [0.2, 0.25) is 0 Å². The number of halogens is 3. The van der Waals surface area contributed by atoms with Crippen molar-refractivity contribution in [1.29, 1.82) is 0 Å². The summed E-state index contributed by atoms with van der Waals surface area (Å²) in [7, 11) is -3.82. The highest BCUT2D eigenvalue weighted by Gasteiger charge is 2.30. The number of benzene rings is 3. The van der Waals surface area contributed by atoms with Crippen molar-refractivity contribution in [3.8, 4) is 16.9 Å². The van der Waals surface area contributed by atoms with Gasteiger partial charge >= 0.3 is 6.18 Å². The van der Waals surface area contributed by atoms with Crippen LogP contribution in [0.15, 0.2) is 83.8 Å². The molecule has 0 unspecified atom stereocenters. The lowest BCUT2D eigenvalue weighted by Gasteiger charge is -2.09. The Morgan fingerprint density at radius 1 is 0.949 bits per heavy atom. The number of hydrogen-bond donors (Lipinski definition) is 1. The molecule has 10 heteroatoms. The molecule has 3 aromatic carbocycles. The first kappa shape index (κ1) is 28.3. The van der Waals surface area contributed by atoms with Crippen molar-refractivity contribution in [2.24, 2.45) is 5.14 Å². The Kier molecular flexibility index (Phi) is 8.36. The van der Waals surface area contributed by atoms with Gasteiger partial charge in [-0.2, -0.15) is 18.3 Å². The molecule has 0 saturated carbocycles. The Morgan fingerprint density at radius 2 is 1.64 bits per heavy atom. The van der Waals surface area contributed by atoms with Gasteiger partial charge in [0.2, 0.25) is 10.0 Å². The zero-order valence-corrected chi connectivity index (χ0v) is 22.1. The molecule has 0 aliphatic rings. The van der Waals surface area contributed by atoms with E-state index in [1.54, 1.807) is 16.8 Å². The number of rotatable bonds is 10. The van der Waals surface area contributed by atoms with Crippen LogP contribution in [0.25, 0.3) is 16.9 Å². The first-order chi connectivity index (χ1) is 18.4. The molecule has 2 N–H and O–H groups in total. The van der Waals surface area contributed by atoms with Gasteiger partial charge in [0.1, 0.15) is 5.78 Å². The summed E-state index contributed by atoms with van der Waals surface area (Å²) < 4.78 is 63.8. The van der Waals surface area contributed by atoms with Crippen LogP contribution < -0.4 is 5.14 Å². The fraction of sp³-hybridized carbons (Fsp3) is 0.241. The predicted octanol–water partition coefficient (Wildman–Crippen LogP) is 6.04. The summed E-state index contributed by atoms with van der Waals surface area (Å²) in [4.78, 5) is 12.4. The third-order valence-corrected chi connectivity index (χ3v) is 7.24. The molecule has 0 aliphatic heterocycles. The quantitative estimate of drug-likeness (QED) is 0.242. The molecule has 4 rings (SSSR count). The molecule has 0 spiro atoms. The molecule has 1 aromatic heterocycles. The Morgan fingerprint density at radius 3 is 2.28 bits per heavy atom. The van der Waals surface area contributed by atoms with Gasteiger partial charge in [-0.3, -0.25) is 4.79 Å². The van der Waals surface area contributed by atoms with E-state index < -0.39 is 21.8 Å². The van der Waals surface area contributed by atoms with Crippen molar-refractivity contribution in [3.63, 3.8) is 0 Å². The fourth-order valence-electron chi connectivity index (χ4n) is 4.26. The summed E-state index contributed by atoms with van der Waals surface area (Å²) >= 11 is 0. The first-order valence-corrected chi connectivity index (χ1v) is 13.9. The van der Waals surface area contributed by atoms with E-state index in [2.05, 4.69) is 0 Å². The third-order valence-electron chi connectivity index (χ3n) is 6.31. The lowest BCUT2D eigenvalue weighted by Crippen LogP contribution is -2.12. The van der Waals surface area contributed by atoms with E-state index in [0.29, 0.717) is 30.5 Å². The Hall–Kier alpha value is -3.76. The lowest BCUT2D eigenvalue weighted by molar-refractivity contribution is -0.137. The minimum absolute atomic E-state index is 0.00492. The number of nitrogens with zero attached hydrogens (tertiary/aromatic N) is 2. The van der Waals surface area contributed by atoms with E-state index in [0.717, 1.165) is 34.6 Å². The van der Waals surface area contributed by atoms with Gasteiger partial charge < -0.3 is 0 Å². The minimum Gasteiger partial charge on any atom is -0.299 e. The molecule has 0 saturated heterocycles. The smallest absolute Gasteiger partial charge is 0.299 e. The summed E-state index contributed by atoms with van der Waals surface area (Å²) in [5.74, 6) is -0.116. The van der Waals surface area contributed by atoms with Crippen molar-refractivity contribution in [2.75, 3.05) is 0 Å². The van der Waals surface area contributed by atoms with Crippen molar-refractivity contribution < 1.29 is 26.4 Å². The van der Waals surface area contributed by atoms with Crippen LogP contribution in [0.4, 0.5) is 13.2 Å². The number of ketones is 1. The second kappa shape index (κ2) is 11.5. The number of carbonyl (C=O) groups excluding carboxylic acids is 1. The maximum atomic E-state index is 12.9. The predicted molar refractivity (Wildman–Crippen MR) is 143 cm³/mol. The van der Waals surface area contributed by atoms with Crippen molar-refractivity contribution in [3.05, 3.63) is 101 Å². The van der Waals surface area contributed by atoms with E-state index in [9.17, 15) is 26.4 Å². The van der Waals surface area contributed by atoms with Gasteiger partial charge in [-0.05, 0) is 68.1 Å². The molecule has 6 nitrogen and oxygen atoms in total. The van der Waals surface area contributed by atoms with Gasteiger partial charge in [0, 0.05) is 18.4 Å². The summed E-state index contributed by atoms with van der Waals surface area (Å²) in [6, 6.07) is 20.9. The highest BCUT2D eigenvalue weighted by molar-refractivity contribution is 7.89. The molecule has 1 heterocycles. The van der Waals surface area contributed by atoms with Crippen LogP contribution in [-0.4, -0.2) is 24.0 Å². The van der Waals surface area contributed by atoms with Crippen LogP contribution in [0, 0.1) is 6.92 Å². The molecule has 0 atom stereocenters. The van der Waals surface area contributed by atoms with Crippen LogP contribution in [-0.2, 0) is 33.8 Å². The molecule has 0 amide bonds. The Labute approximate surface area is 225 Å².